The molecule has 0 unspecified atom stereocenters. The van der Waals surface area contributed by atoms with E-state index in [9.17, 15) is 0 Å². The van der Waals surface area contributed by atoms with E-state index in [4.69, 9.17) is 5.26 Å². The molecule has 0 aromatic heterocycles. The molecule has 2 aliphatic carbocycles. The molecule has 2 fully saturated rings. The lowest BCUT2D eigenvalue weighted by Gasteiger charge is -2.24. The Hall–Kier alpha value is -0.940. The van der Waals surface area contributed by atoms with Gasteiger partial charge in [0.05, 0.1) is 12.0 Å². The van der Waals surface area contributed by atoms with Crippen LogP contribution in [0.1, 0.15) is 19.3 Å². The smallest absolute Gasteiger partial charge is 0.0659 e. The summed E-state index contributed by atoms with van der Waals surface area (Å²) in [4.78, 5) is 1.36. The van der Waals surface area contributed by atoms with Crippen LogP contribution in [0.2, 0.25) is 0 Å². The zero-order valence-electron chi connectivity index (χ0n) is 9.17. The van der Waals surface area contributed by atoms with E-state index in [1.54, 1.807) is 0 Å². The van der Waals surface area contributed by atoms with Crippen molar-refractivity contribution >= 4 is 11.8 Å². The summed E-state index contributed by atoms with van der Waals surface area (Å²) in [6.07, 6.45) is 3.78. The standard InChI is InChI=1S/C14H15NS/c15-9-11-6-10-7-13(11)14(8-10)16-12-4-2-1-3-5-12/h1-5,10-11,13-14H,6-8H2/t10-,11+,13-,14+/m1/s1. The molecule has 1 aromatic carbocycles. The van der Waals surface area contributed by atoms with E-state index >= 15 is 0 Å². The number of nitriles is 1. The summed E-state index contributed by atoms with van der Waals surface area (Å²) in [5, 5.41) is 9.80. The Morgan fingerprint density at radius 2 is 1.94 bits per heavy atom. The van der Waals surface area contributed by atoms with Gasteiger partial charge in [0.2, 0.25) is 0 Å². The molecule has 0 spiro atoms. The van der Waals surface area contributed by atoms with Crippen molar-refractivity contribution in [1.82, 2.24) is 0 Å². The van der Waals surface area contributed by atoms with Gasteiger partial charge >= 0.3 is 0 Å². The molecule has 1 aromatic rings. The van der Waals surface area contributed by atoms with E-state index in [-0.39, 0.29) is 0 Å². The average Bonchev–Trinajstić information content (AvgIpc) is 2.89. The van der Waals surface area contributed by atoms with Crippen molar-refractivity contribution in [3.63, 3.8) is 0 Å². The molecule has 4 atom stereocenters. The van der Waals surface area contributed by atoms with Gasteiger partial charge in [-0.3, -0.25) is 0 Å². The van der Waals surface area contributed by atoms with Gasteiger partial charge < -0.3 is 0 Å². The number of fused-ring (bicyclic) bond motifs is 2. The summed E-state index contributed by atoms with van der Waals surface area (Å²) in [6, 6.07) is 13.1. The van der Waals surface area contributed by atoms with Crippen molar-refractivity contribution in [2.45, 2.75) is 29.4 Å². The Balaban J connectivity index is 1.72. The third-order valence-electron chi connectivity index (χ3n) is 3.95. The van der Waals surface area contributed by atoms with Crippen LogP contribution in [0.5, 0.6) is 0 Å². The Kier molecular flexibility index (Phi) is 2.65. The van der Waals surface area contributed by atoms with Crippen LogP contribution in [0.25, 0.3) is 0 Å². The predicted molar refractivity (Wildman–Crippen MR) is 66.0 cm³/mol. The molecule has 3 rings (SSSR count). The zero-order valence-corrected chi connectivity index (χ0v) is 9.99. The largest absolute Gasteiger partial charge is 0.198 e. The van der Waals surface area contributed by atoms with Crippen molar-refractivity contribution in [3.8, 4) is 6.07 Å². The number of benzene rings is 1. The first-order chi connectivity index (χ1) is 7.86. The Morgan fingerprint density at radius 1 is 1.12 bits per heavy atom. The second-order valence-corrected chi connectivity index (χ2v) is 6.25. The maximum atomic E-state index is 9.11. The molecular formula is C14H15NS. The molecule has 0 saturated heterocycles. The minimum Gasteiger partial charge on any atom is -0.198 e. The SMILES string of the molecule is N#C[C@@H]1C[C@@H]2C[C@H]1[C@@H](Sc1ccccc1)C2. The minimum atomic E-state index is 0.333. The lowest BCUT2D eigenvalue weighted by Crippen LogP contribution is -2.20. The fourth-order valence-electron chi connectivity index (χ4n) is 3.24. The summed E-state index contributed by atoms with van der Waals surface area (Å²) in [7, 11) is 0. The summed E-state index contributed by atoms with van der Waals surface area (Å²) in [5.41, 5.74) is 0. The monoisotopic (exact) mass is 229 g/mol. The van der Waals surface area contributed by atoms with E-state index in [2.05, 4.69) is 36.4 Å². The van der Waals surface area contributed by atoms with E-state index < -0.39 is 0 Å². The Bertz CT molecular complexity index is 408. The maximum Gasteiger partial charge on any atom is 0.0659 e. The van der Waals surface area contributed by atoms with Crippen LogP contribution in [-0.2, 0) is 0 Å². The quantitative estimate of drug-likeness (QED) is 0.771. The van der Waals surface area contributed by atoms with Crippen molar-refractivity contribution in [2.75, 3.05) is 0 Å². The van der Waals surface area contributed by atoms with E-state index in [0.717, 1.165) is 12.3 Å². The summed E-state index contributed by atoms with van der Waals surface area (Å²) in [5.74, 6) is 1.82. The normalized spacial score (nSPS) is 36.2. The van der Waals surface area contributed by atoms with Gasteiger partial charge in [-0.2, -0.15) is 5.26 Å². The molecule has 2 heteroatoms. The van der Waals surface area contributed by atoms with Crippen LogP contribution in [0.3, 0.4) is 0 Å². The van der Waals surface area contributed by atoms with Crippen molar-refractivity contribution in [1.29, 1.82) is 5.26 Å². The first kappa shape index (κ1) is 10.2. The van der Waals surface area contributed by atoms with Gasteiger partial charge in [0.1, 0.15) is 0 Å². The van der Waals surface area contributed by atoms with Crippen LogP contribution in [0.4, 0.5) is 0 Å². The second-order valence-electron chi connectivity index (χ2n) is 4.94. The van der Waals surface area contributed by atoms with Gasteiger partial charge in [0.25, 0.3) is 0 Å². The highest BCUT2D eigenvalue weighted by molar-refractivity contribution is 8.00. The Labute approximate surface area is 101 Å². The second kappa shape index (κ2) is 4.14. The van der Waals surface area contributed by atoms with Crippen molar-refractivity contribution in [2.24, 2.45) is 17.8 Å². The van der Waals surface area contributed by atoms with Crippen molar-refractivity contribution in [3.05, 3.63) is 30.3 Å². The number of hydrogen-bond acceptors (Lipinski definition) is 2. The van der Waals surface area contributed by atoms with Crippen LogP contribution >= 0.6 is 11.8 Å². The molecule has 2 bridgehead atoms. The lowest BCUT2D eigenvalue weighted by molar-refractivity contribution is 0.413. The van der Waals surface area contributed by atoms with Gasteiger partial charge in [-0.1, -0.05) is 18.2 Å². The molecule has 2 saturated carbocycles. The summed E-state index contributed by atoms with van der Waals surface area (Å²) < 4.78 is 0. The molecule has 16 heavy (non-hydrogen) atoms. The van der Waals surface area contributed by atoms with Crippen LogP contribution in [-0.4, -0.2) is 5.25 Å². The van der Waals surface area contributed by atoms with E-state index in [1.807, 2.05) is 11.8 Å². The van der Waals surface area contributed by atoms with Gasteiger partial charge in [-0.05, 0) is 43.2 Å². The fraction of sp³-hybridized carbons (Fsp3) is 0.500. The third kappa shape index (κ3) is 1.74. The molecule has 0 N–H and O–H groups in total. The number of rotatable bonds is 2. The molecule has 0 radical (unpaired) electrons. The highest BCUT2D eigenvalue weighted by Gasteiger charge is 2.46. The number of hydrogen-bond donors (Lipinski definition) is 0. The average molecular weight is 229 g/mol. The van der Waals surface area contributed by atoms with Gasteiger partial charge in [0, 0.05) is 10.1 Å². The van der Waals surface area contributed by atoms with Crippen molar-refractivity contribution < 1.29 is 0 Å². The minimum absolute atomic E-state index is 0.333. The van der Waals surface area contributed by atoms with Gasteiger partial charge in [0.15, 0.2) is 0 Å². The molecule has 1 nitrogen and oxygen atoms in total. The predicted octanol–water partition coefficient (Wildman–Crippen LogP) is 3.72. The zero-order chi connectivity index (χ0) is 11.0. The maximum absolute atomic E-state index is 9.11. The highest BCUT2D eigenvalue weighted by Crippen LogP contribution is 2.53. The van der Waals surface area contributed by atoms with Crippen LogP contribution < -0.4 is 0 Å². The third-order valence-corrected chi connectivity index (χ3v) is 5.34. The van der Waals surface area contributed by atoms with Gasteiger partial charge in [-0.25, -0.2) is 0 Å². The topological polar surface area (TPSA) is 23.8 Å². The highest BCUT2D eigenvalue weighted by atomic mass is 32.2. The molecule has 0 amide bonds. The molecule has 0 aliphatic heterocycles. The summed E-state index contributed by atoms with van der Waals surface area (Å²) in [6.45, 7) is 0. The van der Waals surface area contributed by atoms with E-state index in [1.165, 1.54) is 17.7 Å². The number of nitrogens with zero attached hydrogens (tertiary/aromatic N) is 1. The fourth-order valence-corrected chi connectivity index (χ4v) is 4.75. The van der Waals surface area contributed by atoms with E-state index in [0.29, 0.717) is 17.1 Å². The Morgan fingerprint density at radius 3 is 2.62 bits per heavy atom. The van der Waals surface area contributed by atoms with Crippen LogP contribution in [0, 0.1) is 29.1 Å². The van der Waals surface area contributed by atoms with Gasteiger partial charge in [-0.15, -0.1) is 11.8 Å². The molecule has 0 heterocycles. The van der Waals surface area contributed by atoms with Crippen LogP contribution in [0.15, 0.2) is 35.2 Å². The summed E-state index contributed by atoms with van der Waals surface area (Å²) >= 11 is 1.98. The molecule has 2 aliphatic rings. The molecule has 82 valence electrons. The first-order valence-corrected chi connectivity index (χ1v) is 6.86. The number of thioether (sulfide) groups is 1. The lowest BCUT2D eigenvalue weighted by atomic mass is 9.90. The molecular weight excluding hydrogens is 214 g/mol. The first-order valence-electron chi connectivity index (χ1n) is 5.98.